The lowest BCUT2D eigenvalue weighted by Crippen LogP contribution is -2.16. The molecule has 0 aliphatic heterocycles. The Morgan fingerprint density at radius 3 is 2.13 bits per heavy atom. The van der Waals surface area contributed by atoms with Crippen molar-refractivity contribution in [3.63, 3.8) is 0 Å². The van der Waals surface area contributed by atoms with Gasteiger partial charge in [-0.15, -0.1) is 0 Å². The molecule has 1 nitrogen and oxygen atoms in total. The molecule has 0 unspecified atom stereocenters. The van der Waals surface area contributed by atoms with Crippen LogP contribution in [0.15, 0.2) is 47.2 Å². The lowest BCUT2D eigenvalue weighted by Gasteiger charge is -2.25. The van der Waals surface area contributed by atoms with Gasteiger partial charge in [0.25, 0.3) is 0 Å². The van der Waals surface area contributed by atoms with Crippen LogP contribution in [0.25, 0.3) is 0 Å². The van der Waals surface area contributed by atoms with E-state index in [9.17, 15) is 0 Å². The highest BCUT2D eigenvalue weighted by atomic mass is 15.1. The van der Waals surface area contributed by atoms with Crippen LogP contribution in [0.2, 0.25) is 0 Å². The highest BCUT2D eigenvalue weighted by molar-refractivity contribution is 5.36. The normalized spacial score (nSPS) is 14.2. The van der Waals surface area contributed by atoms with Gasteiger partial charge >= 0.3 is 0 Å². The molecule has 0 N–H and O–H groups in total. The number of hydrogen-bond donors (Lipinski definition) is 0. The maximum atomic E-state index is 4.19. The summed E-state index contributed by atoms with van der Waals surface area (Å²) in [5.41, 5.74) is 5.60. The zero-order chi connectivity index (χ0) is 18.0. The molecule has 0 aliphatic rings. The lowest BCUT2D eigenvalue weighted by molar-refractivity contribution is 0.305. The second kappa shape index (κ2) is 10.5. The second-order valence-corrected chi connectivity index (χ2v) is 7.39. The molecule has 0 saturated carbocycles. The van der Waals surface area contributed by atoms with Crippen molar-refractivity contribution in [3.05, 3.63) is 47.2 Å². The van der Waals surface area contributed by atoms with Crippen molar-refractivity contribution in [1.82, 2.24) is 4.90 Å². The van der Waals surface area contributed by atoms with Gasteiger partial charge in [-0.3, -0.25) is 0 Å². The summed E-state index contributed by atoms with van der Waals surface area (Å²) < 4.78 is 0. The Hall–Kier alpha value is -1.24. The first kappa shape index (κ1) is 21.8. The molecule has 132 valence electrons. The average molecular weight is 318 g/mol. The summed E-state index contributed by atoms with van der Waals surface area (Å²) in [4.78, 5) is 2.19. The van der Waals surface area contributed by atoms with E-state index < -0.39 is 0 Å². The van der Waals surface area contributed by atoms with Crippen molar-refractivity contribution < 1.29 is 0 Å². The fraction of sp³-hybridized carbons (Fsp3) is 0.636. The fourth-order valence-corrected chi connectivity index (χ4v) is 2.69. The molecule has 0 rings (SSSR count). The molecule has 0 atom stereocenters. The van der Waals surface area contributed by atoms with Gasteiger partial charge in [0, 0.05) is 19.3 Å². The zero-order valence-corrected chi connectivity index (χ0v) is 16.9. The van der Waals surface area contributed by atoms with Crippen molar-refractivity contribution in [3.8, 4) is 0 Å². The van der Waals surface area contributed by atoms with Gasteiger partial charge < -0.3 is 4.90 Å². The third-order valence-electron chi connectivity index (χ3n) is 4.86. The van der Waals surface area contributed by atoms with Crippen LogP contribution in [0.5, 0.6) is 0 Å². The van der Waals surface area contributed by atoms with Gasteiger partial charge in [-0.2, -0.15) is 0 Å². The SMILES string of the molecule is C=C(/C(C)=C/C=C(CCC(C)(C)CCC)\C(C)=C\C)N(C)CC. The molecular weight excluding hydrogens is 278 g/mol. The molecule has 23 heavy (non-hydrogen) atoms. The number of nitrogens with zero attached hydrogens (tertiary/aromatic N) is 1. The minimum Gasteiger partial charge on any atom is -0.375 e. The van der Waals surface area contributed by atoms with Crippen molar-refractivity contribution in [2.75, 3.05) is 13.6 Å². The van der Waals surface area contributed by atoms with Gasteiger partial charge in [-0.25, -0.2) is 0 Å². The smallest absolute Gasteiger partial charge is 0.0320 e. The minimum absolute atomic E-state index is 0.423. The van der Waals surface area contributed by atoms with Gasteiger partial charge in [0.15, 0.2) is 0 Å². The van der Waals surface area contributed by atoms with Crippen LogP contribution in [-0.4, -0.2) is 18.5 Å². The van der Waals surface area contributed by atoms with E-state index in [1.165, 1.54) is 36.0 Å². The maximum absolute atomic E-state index is 4.19. The van der Waals surface area contributed by atoms with Gasteiger partial charge in [0.2, 0.25) is 0 Å². The van der Waals surface area contributed by atoms with Crippen LogP contribution < -0.4 is 0 Å². The van der Waals surface area contributed by atoms with Crippen molar-refractivity contribution >= 4 is 0 Å². The Balaban J connectivity index is 5.15. The van der Waals surface area contributed by atoms with E-state index in [1.54, 1.807) is 0 Å². The van der Waals surface area contributed by atoms with Crippen molar-refractivity contribution in [2.45, 2.75) is 74.1 Å². The summed E-state index contributed by atoms with van der Waals surface area (Å²) in [6, 6.07) is 0. The Labute approximate surface area is 145 Å². The average Bonchev–Trinajstić information content (AvgIpc) is 2.52. The van der Waals surface area contributed by atoms with Crippen molar-refractivity contribution in [1.29, 1.82) is 0 Å². The van der Waals surface area contributed by atoms with E-state index in [0.717, 1.165) is 18.7 Å². The first-order valence-corrected chi connectivity index (χ1v) is 9.09. The van der Waals surface area contributed by atoms with Crippen LogP contribution in [0.1, 0.15) is 74.1 Å². The fourth-order valence-electron chi connectivity index (χ4n) is 2.69. The molecular formula is C22H39N. The minimum atomic E-state index is 0.423. The third-order valence-corrected chi connectivity index (χ3v) is 4.86. The zero-order valence-electron chi connectivity index (χ0n) is 16.9. The summed E-state index contributed by atoms with van der Waals surface area (Å²) in [5, 5.41) is 0. The number of allylic oxidation sites excluding steroid dienone is 6. The molecule has 0 heterocycles. The summed E-state index contributed by atoms with van der Waals surface area (Å²) >= 11 is 0. The predicted octanol–water partition coefficient (Wildman–Crippen LogP) is 6.90. The Morgan fingerprint density at radius 1 is 1.04 bits per heavy atom. The summed E-state index contributed by atoms with van der Waals surface area (Å²) in [6.45, 7) is 20.9. The standard InChI is InChI=1S/C22H39N/c1-10-16-22(7,8)17-15-21(18(4)11-2)14-13-19(5)20(6)23(9)12-3/h11,13-14H,6,10,12,15-17H2,1-5,7-9H3/b18-11+,19-13+,21-14-. The number of likely N-dealkylation sites (N-methyl/N-ethyl adjacent to an activating group) is 1. The summed E-state index contributed by atoms with van der Waals surface area (Å²) in [7, 11) is 2.09. The van der Waals surface area contributed by atoms with Crippen molar-refractivity contribution in [2.24, 2.45) is 5.41 Å². The van der Waals surface area contributed by atoms with E-state index >= 15 is 0 Å². The topological polar surface area (TPSA) is 3.24 Å². The van der Waals surface area contributed by atoms with Crippen LogP contribution in [0, 0.1) is 5.41 Å². The highest BCUT2D eigenvalue weighted by Gasteiger charge is 2.17. The van der Waals surface area contributed by atoms with Crippen LogP contribution in [0.3, 0.4) is 0 Å². The number of hydrogen-bond acceptors (Lipinski definition) is 1. The lowest BCUT2D eigenvalue weighted by atomic mass is 9.81. The molecule has 0 aromatic rings. The Kier molecular flexibility index (Phi) is 9.95. The van der Waals surface area contributed by atoms with Gasteiger partial charge in [-0.05, 0) is 63.5 Å². The molecule has 0 fully saturated rings. The van der Waals surface area contributed by atoms with E-state index in [1.807, 2.05) is 0 Å². The largest absolute Gasteiger partial charge is 0.375 e. The molecule has 0 bridgehead atoms. The molecule has 0 saturated heterocycles. The Bertz CT molecular complexity index is 460. The quantitative estimate of drug-likeness (QED) is 0.396. The van der Waals surface area contributed by atoms with Gasteiger partial charge in [0.1, 0.15) is 0 Å². The van der Waals surface area contributed by atoms with E-state index in [0.29, 0.717) is 5.41 Å². The molecule has 0 aromatic carbocycles. The molecule has 0 aliphatic carbocycles. The van der Waals surface area contributed by atoms with E-state index in [2.05, 4.69) is 85.2 Å². The first-order chi connectivity index (χ1) is 10.7. The third kappa shape index (κ3) is 8.25. The molecule has 0 spiro atoms. The van der Waals surface area contributed by atoms with Gasteiger partial charge in [0.05, 0.1) is 0 Å². The monoisotopic (exact) mass is 317 g/mol. The molecule has 0 amide bonds. The van der Waals surface area contributed by atoms with E-state index in [-0.39, 0.29) is 0 Å². The second-order valence-electron chi connectivity index (χ2n) is 7.39. The van der Waals surface area contributed by atoms with Crippen LogP contribution in [-0.2, 0) is 0 Å². The molecule has 1 heteroatoms. The number of rotatable bonds is 10. The predicted molar refractivity (Wildman–Crippen MR) is 107 cm³/mol. The summed E-state index contributed by atoms with van der Waals surface area (Å²) in [5.74, 6) is 0. The molecule has 0 aromatic heterocycles. The van der Waals surface area contributed by atoms with Gasteiger partial charge in [-0.1, -0.05) is 57.6 Å². The summed E-state index contributed by atoms with van der Waals surface area (Å²) in [6.07, 6.45) is 11.7. The maximum Gasteiger partial charge on any atom is 0.0320 e. The Morgan fingerprint density at radius 2 is 1.65 bits per heavy atom. The van der Waals surface area contributed by atoms with Crippen LogP contribution >= 0.6 is 0 Å². The molecule has 0 radical (unpaired) electrons. The first-order valence-electron chi connectivity index (χ1n) is 9.09. The van der Waals surface area contributed by atoms with Crippen LogP contribution in [0.4, 0.5) is 0 Å². The van der Waals surface area contributed by atoms with E-state index in [4.69, 9.17) is 0 Å². The highest BCUT2D eigenvalue weighted by Crippen LogP contribution is 2.31.